The lowest BCUT2D eigenvalue weighted by Gasteiger charge is -2.19. The Morgan fingerprint density at radius 1 is 0.947 bits per heavy atom. The molecule has 0 spiro atoms. The smallest absolute Gasteiger partial charge is 0.311 e. The maximum Gasteiger partial charge on any atom is 0.311 e. The molecule has 3 heteroatoms. The van der Waals surface area contributed by atoms with Crippen molar-refractivity contribution < 1.29 is 13.9 Å². The van der Waals surface area contributed by atoms with E-state index in [1.54, 1.807) is 6.92 Å². The van der Waals surface area contributed by atoms with Crippen LogP contribution in [0.4, 0.5) is 4.39 Å². The number of unbranched alkanes of at least 4 members (excludes halogenated alkanes) is 5. The third-order valence-corrected chi connectivity index (χ3v) is 3.48. The Bertz CT molecular complexity index is 219. The molecule has 0 aromatic rings. The van der Waals surface area contributed by atoms with Crippen LogP contribution in [-0.4, -0.2) is 18.7 Å². The van der Waals surface area contributed by atoms with Crippen molar-refractivity contribution in [2.75, 3.05) is 6.61 Å². The molecule has 2 nitrogen and oxygen atoms in total. The van der Waals surface area contributed by atoms with Gasteiger partial charge in [0.05, 0.1) is 12.5 Å². The molecule has 0 aliphatic carbocycles. The molecule has 114 valence electrons. The molecule has 19 heavy (non-hydrogen) atoms. The number of ether oxygens (including phenoxy) is 1. The van der Waals surface area contributed by atoms with E-state index < -0.39 is 12.1 Å². The number of hydrogen-bond acceptors (Lipinski definition) is 2. The van der Waals surface area contributed by atoms with Gasteiger partial charge in [-0.1, -0.05) is 58.8 Å². The van der Waals surface area contributed by atoms with Crippen LogP contribution in [0.3, 0.4) is 0 Å². The summed E-state index contributed by atoms with van der Waals surface area (Å²) in [5.74, 6) is -0.900. The quantitative estimate of drug-likeness (QED) is 0.367. The molecule has 0 heterocycles. The lowest BCUT2D eigenvalue weighted by atomic mass is 9.93. The summed E-state index contributed by atoms with van der Waals surface area (Å²) in [6, 6.07) is 0. The van der Waals surface area contributed by atoms with Crippen LogP contribution < -0.4 is 0 Å². The molecule has 2 atom stereocenters. The molecule has 0 aliphatic heterocycles. The van der Waals surface area contributed by atoms with Crippen molar-refractivity contribution in [1.82, 2.24) is 0 Å². The molecule has 0 amide bonds. The summed E-state index contributed by atoms with van der Waals surface area (Å²) >= 11 is 0. The first-order valence-corrected chi connectivity index (χ1v) is 7.97. The van der Waals surface area contributed by atoms with Gasteiger partial charge in [0.25, 0.3) is 0 Å². The molecule has 0 fully saturated rings. The first-order valence-electron chi connectivity index (χ1n) is 7.97. The lowest BCUT2D eigenvalue weighted by Crippen LogP contribution is -2.27. The predicted octanol–water partition coefficient (Wildman–Crippen LogP) is 5.05. The summed E-state index contributed by atoms with van der Waals surface area (Å²) < 4.78 is 19.2. The van der Waals surface area contributed by atoms with Gasteiger partial charge in [0.1, 0.15) is 6.17 Å². The Morgan fingerprint density at radius 3 is 2.16 bits per heavy atom. The van der Waals surface area contributed by atoms with Crippen molar-refractivity contribution >= 4 is 5.97 Å². The average molecular weight is 274 g/mol. The number of esters is 1. The van der Waals surface area contributed by atoms with Crippen LogP contribution in [0.25, 0.3) is 0 Å². The van der Waals surface area contributed by atoms with Gasteiger partial charge in [0.2, 0.25) is 0 Å². The highest BCUT2D eigenvalue weighted by atomic mass is 19.1. The Kier molecular flexibility index (Phi) is 12.0. The Hall–Kier alpha value is -0.600. The van der Waals surface area contributed by atoms with E-state index in [0.29, 0.717) is 19.4 Å². The van der Waals surface area contributed by atoms with Gasteiger partial charge in [-0.05, 0) is 19.8 Å². The van der Waals surface area contributed by atoms with Crippen LogP contribution in [0, 0.1) is 5.92 Å². The van der Waals surface area contributed by atoms with E-state index in [1.165, 1.54) is 19.3 Å². The SMILES string of the molecule is CCCCCCCC(F)C(CCCC)C(=O)OCC. The Balaban J connectivity index is 4.06. The number of carbonyl (C=O) groups is 1. The van der Waals surface area contributed by atoms with E-state index >= 15 is 0 Å². The third kappa shape index (κ3) is 9.01. The van der Waals surface area contributed by atoms with Gasteiger partial charge in [0.15, 0.2) is 0 Å². The van der Waals surface area contributed by atoms with Gasteiger partial charge < -0.3 is 4.74 Å². The van der Waals surface area contributed by atoms with E-state index in [-0.39, 0.29) is 5.97 Å². The second kappa shape index (κ2) is 12.4. The number of alkyl halides is 1. The molecule has 0 radical (unpaired) electrons. The molecule has 0 aromatic carbocycles. The normalized spacial score (nSPS) is 14.1. The van der Waals surface area contributed by atoms with Crippen molar-refractivity contribution in [3.8, 4) is 0 Å². The Labute approximate surface area is 118 Å². The monoisotopic (exact) mass is 274 g/mol. The molecule has 0 aromatic heterocycles. The van der Waals surface area contributed by atoms with Crippen LogP contribution in [0.1, 0.15) is 78.6 Å². The highest BCUT2D eigenvalue weighted by molar-refractivity contribution is 5.73. The average Bonchev–Trinajstić information content (AvgIpc) is 2.39. The summed E-state index contributed by atoms with van der Waals surface area (Å²) in [6.45, 7) is 6.33. The van der Waals surface area contributed by atoms with Gasteiger partial charge in [0, 0.05) is 0 Å². The minimum atomic E-state index is -1.03. The van der Waals surface area contributed by atoms with Gasteiger partial charge in [-0.15, -0.1) is 0 Å². The van der Waals surface area contributed by atoms with Gasteiger partial charge in [-0.3, -0.25) is 4.79 Å². The standard InChI is InChI=1S/C16H31FO2/c1-4-7-9-10-11-13-15(17)14(12-8-5-2)16(18)19-6-3/h14-15H,4-13H2,1-3H3. The van der Waals surface area contributed by atoms with Crippen molar-refractivity contribution in [3.63, 3.8) is 0 Å². The molecule has 2 unspecified atom stereocenters. The summed E-state index contributed by atoms with van der Waals surface area (Å²) in [5.41, 5.74) is 0. The van der Waals surface area contributed by atoms with Gasteiger partial charge in [-0.2, -0.15) is 0 Å². The second-order valence-corrected chi connectivity index (χ2v) is 5.22. The van der Waals surface area contributed by atoms with Crippen molar-refractivity contribution in [2.24, 2.45) is 5.92 Å². The molecule has 0 rings (SSSR count). The van der Waals surface area contributed by atoms with E-state index in [4.69, 9.17) is 4.74 Å². The first-order chi connectivity index (χ1) is 9.17. The van der Waals surface area contributed by atoms with Gasteiger partial charge in [-0.25, -0.2) is 4.39 Å². The zero-order valence-corrected chi connectivity index (χ0v) is 12.9. The van der Waals surface area contributed by atoms with Crippen LogP contribution in [0.2, 0.25) is 0 Å². The molecular formula is C16H31FO2. The number of rotatable bonds is 12. The van der Waals surface area contributed by atoms with Crippen LogP contribution in [0.5, 0.6) is 0 Å². The summed E-state index contributed by atoms with van der Waals surface area (Å²) in [7, 11) is 0. The molecule has 0 saturated carbocycles. The number of hydrogen-bond donors (Lipinski definition) is 0. The van der Waals surface area contributed by atoms with Crippen molar-refractivity contribution in [2.45, 2.75) is 84.7 Å². The second-order valence-electron chi connectivity index (χ2n) is 5.22. The topological polar surface area (TPSA) is 26.3 Å². The van der Waals surface area contributed by atoms with E-state index in [2.05, 4.69) is 13.8 Å². The van der Waals surface area contributed by atoms with E-state index in [1.807, 2.05) is 0 Å². The first kappa shape index (κ1) is 18.4. The third-order valence-electron chi connectivity index (χ3n) is 3.48. The molecular weight excluding hydrogens is 243 g/mol. The van der Waals surface area contributed by atoms with Crippen LogP contribution in [0.15, 0.2) is 0 Å². The summed E-state index contributed by atoms with van der Waals surface area (Å²) in [5, 5.41) is 0. The van der Waals surface area contributed by atoms with Crippen molar-refractivity contribution in [3.05, 3.63) is 0 Å². The van der Waals surface area contributed by atoms with Crippen LogP contribution in [-0.2, 0) is 9.53 Å². The maximum atomic E-state index is 14.2. The Morgan fingerprint density at radius 2 is 1.58 bits per heavy atom. The minimum absolute atomic E-state index is 0.338. The summed E-state index contributed by atoms with van der Waals surface area (Å²) in [4.78, 5) is 11.8. The molecule has 0 aliphatic rings. The minimum Gasteiger partial charge on any atom is -0.466 e. The zero-order chi connectivity index (χ0) is 14.5. The highest BCUT2D eigenvalue weighted by Crippen LogP contribution is 2.22. The fourth-order valence-electron chi connectivity index (χ4n) is 2.26. The zero-order valence-electron chi connectivity index (χ0n) is 12.9. The van der Waals surface area contributed by atoms with E-state index in [9.17, 15) is 9.18 Å². The molecule has 0 saturated heterocycles. The maximum absolute atomic E-state index is 14.2. The number of carbonyl (C=O) groups excluding carboxylic acids is 1. The molecule has 0 bridgehead atoms. The fourth-order valence-corrected chi connectivity index (χ4v) is 2.26. The van der Waals surface area contributed by atoms with E-state index in [0.717, 1.165) is 25.7 Å². The van der Waals surface area contributed by atoms with Crippen LogP contribution >= 0.6 is 0 Å². The molecule has 0 N–H and O–H groups in total. The van der Waals surface area contributed by atoms with Crippen molar-refractivity contribution in [1.29, 1.82) is 0 Å². The summed E-state index contributed by atoms with van der Waals surface area (Å²) in [6.07, 6.45) is 7.48. The predicted molar refractivity (Wildman–Crippen MR) is 77.9 cm³/mol. The van der Waals surface area contributed by atoms with Gasteiger partial charge >= 0.3 is 5.97 Å². The fraction of sp³-hybridized carbons (Fsp3) is 0.938. The highest BCUT2D eigenvalue weighted by Gasteiger charge is 2.28. The lowest BCUT2D eigenvalue weighted by molar-refractivity contribution is -0.150. The number of halogens is 1. The largest absolute Gasteiger partial charge is 0.466 e.